The lowest BCUT2D eigenvalue weighted by Gasteiger charge is -2.12. The maximum absolute atomic E-state index is 12.7. The number of H-pyrrole nitrogens is 1. The molecule has 0 amide bonds. The average molecular weight is 373 g/mol. The van der Waals surface area contributed by atoms with Gasteiger partial charge in [-0.2, -0.15) is 5.10 Å². The molecule has 0 aliphatic carbocycles. The van der Waals surface area contributed by atoms with E-state index in [0.29, 0.717) is 11.1 Å². The van der Waals surface area contributed by atoms with Crippen LogP contribution in [-0.4, -0.2) is 32.6 Å². The molecule has 1 N–H and O–H groups in total. The van der Waals surface area contributed by atoms with E-state index in [1.165, 1.54) is 0 Å². The van der Waals surface area contributed by atoms with E-state index in [9.17, 15) is 9.59 Å². The number of aromatic amines is 1. The van der Waals surface area contributed by atoms with Gasteiger partial charge in [-0.3, -0.25) is 4.79 Å². The zero-order chi connectivity index (χ0) is 19.7. The summed E-state index contributed by atoms with van der Waals surface area (Å²) in [6.07, 6.45) is 2.48. The molecule has 2 aromatic heterocycles. The van der Waals surface area contributed by atoms with Gasteiger partial charge in [0.05, 0.1) is 11.3 Å². The average Bonchev–Trinajstić information content (AvgIpc) is 3.33. The number of benzene rings is 2. The molecular weight excluding hydrogens is 354 g/mol. The van der Waals surface area contributed by atoms with Gasteiger partial charge < -0.3 is 9.72 Å². The number of rotatable bonds is 5. The number of hydrogen-bond acceptors (Lipinski definition) is 4. The Labute approximate surface area is 161 Å². The van der Waals surface area contributed by atoms with Crippen LogP contribution in [-0.2, 0) is 4.74 Å². The number of carbonyl (C=O) groups is 2. The highest BCUT2D eigenvalue weighted by Gasteiger charge is 2.22. The largest absolute Gasteiger partial charge is 0.451 e. The standard InChI is InChI=1S/C22H19N3O3/c1-14-11-12-24-25(14)17-9-7-16(8-10-17)22(27)28-15(2)21(26)19-13-23-20-6-4-3-5-18(19)20/h3-13,15,23H,1-2H3/t15-/m1/s1. The number of hydrogen-bond donors (Lipinski definition) is 1. The third kappa shape index (κ3) is 3.20. The van der Waals surface area contributed by atoms with Crippen LogP contribution in [0.25, 0.3) is 16.6 Å². The maximum Gasteiger partial charge on any atom is 0.338 e. The number of ketones is 1. The predicted octanol–water partition coefficient (Wildman–Crippen LogP) is 4.09. The highest BCUT2D eigenvalue weighted by Crippen LogP contribution is 2.20. The number of para-hydroxylation sites is 1. The van der Waals surface area contributed by atoms with E-state index < -0.39 is 12.1 Å². The molecule has 0 saturated carbocycles. The highest BCUT2D eigenvalue weighted by molar-refractivity contribution is 6.10. The Bertz CT molecular complexity index is 1160. The molecule has 2 heterocycles. The number of aromatic nitrogens is 3. The summed E-state index contributed by atoms with van der Waals surface area (Å²) in [6, 6.07) is 16.3. The van der Waals surface area contributed by atoms with Gasteiger partial charge in [-0.25, -0.2) is 9.48 Å². The summed E-state index contributed by atoms with van der Waals surface area (Å²) in [5.74, 6) is -0.779. The fraction of sp³-hybridized carbons (Fsp3) is 0.136. The Morgan fingerprint density at radius 3 is 2.54 bits per heavy atom. The lowest BCUT2D eigenvalue weighted by molar-refractivity contribution is 0.0319. The van der Waals surface area contributed by atoms with Crippen molar-refractivity contribution in [3.05, 3.63) is 83.8 Å². The maximum atomic E-state index is 12.7. The lowest BCUT2D eigenvalue weighted by Crippen LogP contribution is -2.24. The van der Waals surface area contributed by atoms with E-state index >= 15 is 0 Å². The number of ether oxygens (including phenoxy) is 1. The van der Waals surface area contributed by atoms with Crippen LogP contribution in [0.2, 0.25) is 0 Å². The number of aryl methyl sites for hydroxylation is 1. The second-order valence-electron chi connectivity index (χ2n) is 6.59. The fourth-order valence-corrected chi connectivity index (χ4v) is 3.16. The summed E-state index contributed by atoms with van der Waals surface area (Å²) >= 11 is 0. The quantitative estimate of drug-likeness (QED) is 0.422. The molecule has 4 rings (SSSR count). The molecule has 1 atom stereocenters. The van der Waals surface area contributed by atoms with Crippen molar-refractivity contribution in [1.29, 1.82) is 0 Å². The van der Waals surface area contributed by atoms with Gasteiger partial charge in [0.1, 0.15) is 0 Å². The van der Waals surface area contributed by atoms with Crippen molar-refractivity contribution in [3.8, 4) is 5.69 Å². The topological polar surface area (TPSA) is 77.0 Å². The zero-order valence-electron chi connectivity index (χ0n) is 15.5. The van der Waals surface area contributed by atoms with Crippen LogP contribution < -0.4 is 0 Å². The van der Waals surface area contributed by atoms with Crippen LogP contribution in [0, 0.1) is 6.92 Å². The number of fused-ring (bicyclic) bond motifs is 1. The molecule has 6 heteroatoms. The first-order chi connectivity index (χ1) is 13.5. The Morgan fingerprint density at radius 1 is 1.07 bits per heavy atom. The van der Waals surface area contributed by atoms with Gasteiger partial charge >= 0.3 is 5.97 Å². The van der Waals surface area contributed by atoms with Crippen molar-refractivity contribution >= 4 is 22.7 Å². The molecule has 2 aromatic carbocycles. The van der Waals surface area contributed by atoms with Gasteiger partial charge in [0.25, 0.3) is 0 Å². The Hall–Kier alpha value is -3.67. The van der Waals surface area contributed by atoms with Crippen LogP contribution in [0.3, 0.4) is 0 Å². The van der Waals surface area contributed by atoms with E-state index in [4.69, 9.17) is 4.74 Å². The first-order valence-electron chi connectivity index (χ1n) is 8.97. The number of nitrogens with zero attached hydrogens (tertiary/aromatic N) is 2. The van der Waals surface area contributed by atoms with Gasteiger partial charge in [0.2, 0.25) is 5.78 Å². The van der Waals surface area contributed by atoms with E-state index in [-0.39, 0.29) is 5.78 Å². The minimum Gasteiger partial charge on any atom is -0.451 e. The number of esters is 1. The molecule has 0 bridgehead atoms. The van der Waals surface area contributed by atoms with Crippen LogP contribution in [0.4, 0.5) is 0 Å². The summed E-state index contributed by atoms with van der Waals surface area (Å²) in [5.41, 5.74) is 3.61. The summed E-state index contributed by atoms with van der Waals surface area (Å²) in [4.78, 5) is 28.2. The summed E-state index contributed by atoms with van der Waals surface area (Å²) < 4.78 is 7.18. The van der Waals surface area contributed by atoms with Gasteiger partial charge in [-0.1, -0.05) is 18.2 Å². The summed E-state index contributed by atoms with van der Waals surface area (Å²) in [7, 11) is 0. The Kier molecular flexibility index (Phi) is 4.53. The highest BCUT2D eigenvalue weighted by atomic mass is 16.5. The van der Waals surface area contributed by atoms with E-state index in [2.05, 4.69) is 10.1 Å². The van der Waals surface area contributed by atoms with Gasteiger partial charge in [-0.15, -0.1) is 0 Å². The third-order valence-corrected chi connectivity index (χ3v) is 4.69. The normalized spacial score (nSPS) is 12.1. The molecule has 28 heavy (non-hydrogen) atoms. The molecule has 6 nitrogen and oxygen atoms in total. The second kappa shape index (κ2) is 7.15. The van der Waals surface area contributed by atoms with Crippen molar-refractivity contribution in [2.45, 2.75) is 20.0 Å². The van der Waals surface area contributed by atoms with Gasteiger partial charge in [0, 0.05) is 34.6 Å². The smallest absolute Gasteiger partial charge is 0.338 e. The molecule has 0 spiro atoms. The predicted molar refractivity (Wildman–Crippen MR) is 106 cm³/mol. The van der Waals surface area contributed by atoms with E-state index in [1.807, 2.05) is 37.3 Å². The number of Topliss-reactive ketones (excluding diaryl/α,β-unsaturated/α-hetero) is 1. The molecule has 0 aliphatic heterocycles. The van der Waals surface area contributed by atoms with Crippen LogP contribution in [0.5, 0.6) is 0 Å². The Balaban J connectivity index is 1.48. The number of carbonyl (C=O) groups excluding carboxylic acids is 2. The molecule has 0 radical (unpaired) electrons. The molecule has 0 saturated heterocycles. The molecule has 0 aliphatic rings. The van der Waals surface area contributed by atoms with E-state index in [0.717, 1.165) is 22.3 Å². The van der Waals surface area contributed by atoms with E-state index in [1.54, 1.807) is 48.3 Å². The van der Waals surface area contributed by atoms with Crippen molar-refractivity contribution in [3.63, 3.8) is 0 Å². The van der Waals surface area contributed by atoms with Crippen molar-refractivity contribution in [1.82, 2.24) is 14.8 Å². The molecule has 4 aromatic rings. The summed E-state index contributed by atoms with van der Waals surface area (Å²) in [5, 5.41) is 5.05. The van der Waals surface area contributed by atoms with Crippen molar-refractivity contribution < 1.29 is 14.3 Å². The van der Waals surface area contributed by atoms with Crippen LogP contribution in [0.15, 0.2) is 67.0 Å². The minimum atomic E-state index is -0.889. The number of nitrogens with one attached hydrogen (secondary N) is 1. The molecular formula is C22H19N3O3. The van der Waals surface area contributed by atoms with Crippen molar-refractivity contribution in [2.75, 3.05) is 0 Å². The monoisotopic (exact) mass is 373 g/mol. The van der Waals surface area contributed by atoms with Gasteiger partial charge in [-0.05, 0) is 50.2 Å². The Morgan fingerprint density at radius 2 is 1.82 bits per heavy atom. The molecule has 0 unspecified atom stereocenters. The molecule has 0 fully saturated rings. The third-order valence-electron chi connectivity index (χ3n) is 4.69. The second-order valence-corrected chi connectivity index (χ2v) is 6.59. The van der Waals surface area contributed by atoms with Crippen LogP contribution in [0.1, 0.15) is 33.3 Å². The van der Waals surface area contributed by atoms with Gasteiger partial charge in [0.15, 0.2) is 6.10 Å². The van der Waals surface area contributed by atoms with Crippen molar-refractivity contribution in [2.24, 2.45) is 0 Å². The first-order valence-corrected chi connectivity index (χ1v) is 8.97. The fourth-order valence-electron chi connectivity index (χ4n) is 3.16. The SMILES string of the molecule is Cc1ccnn1-c1ccc(C(=O)O[C@H](C)C(=O)c2c[nH]c3ccccc23)cc1. The lowest BCUT2D eigenvalue weighted by atomic mass is 10.1. The molecule has 140 valence electrons. The zero-order valence-corrected chi connectivity index (χ0v) is 15.5. The summed E-state index contributed by atoms with van der Waals surface area (Å²) in [6.45, 7) is 3.54. The van der Waals surface area contributed by atoms with Crippen LogP contribution >= 0.6 is 0 Å². The first kappa shape index (κ1) is 17.7. The minimum absolute atomic E-state index is 0.241.